The van der Waals surface area contributed by atoms with Crippen molar-refractivity contribution >= 4 is 29.2 Å². The summed E-state index contributed by atoms with van der Waals surface area (Å²) in [6.07, 6.45) is 2.75. The van der Waals surface area contributed by atoms with Crippen LogP contribution in [0.15, 0.2) is 23.2 Å². The Morgan fingerprint density at radius 2 is 2.28 bits per heavy atom. The van der Waals surface area contributed by atoms with Gasteiger partial charge in [0.15, 0.2) is 5.96 Å². The smallest absolute Gasteiger partial charge is 0.191 e. The van der Waals surface area contributed by atoms with E-state index in [4.69, 9.17) is 27.9 Å². The topological polar surface area (TPSA) is 48.9 Å². The molecule has 2 N–H and O–H groups in total. The van der Waals surface area contributed by atoms with Crippen molar-refractivity contribution in [3.63, 3.8) is 0 Å². The molecule has 0 aromatic heterocycles. The molecule has 1 aromatic carbocycles. The molecule has 0 spiro atoms. The molecule has 0 radical (unpaired) electrons. The van der Waals surface area contributed by atoms with E-state index in [9.17, 15) is 0 Å². The molecule has 7 heteroatoms. The standard InChI is InChI=1S/C18H26Cl2N4O/c1-12(16-6-5-13(19)8-17(16)20)23-18(21-2)22-9-15-10-24-7-3-4-14(24)11-25-15/h5-6,8,12,14-15H,3-4,7,9-11H2,1-2H3,(H2,21,22,23). The molecular weight excluding hydrogens is 359 g/mol. The summed E-state index contributed by atoms with van der Waals surface area (Å²) < 4.78 is 5.99. The van der Waals surface area contributed by atoms with E-state index in [-0.39, 0.29) is 12.1 Å². The highest BCUT2D eigenvalue weighted by Gasteiger charge is 2.32. The Balaban J connectivity index is 1.51. The van der Waals surface area contributed by atoms with Gasteiger partial charge in [-0.05, 0) is 44.0 Å². The zero-order chi connectivity index (χ0) is 17.8. The summed E-state index contributed by atoms with van der Waals surface area (Å²) in [5.41, 5.74) is 0.989. The molecule has 2 aliphatic heterocycles. The van der Waals surface area contributed by atoms with Gasteiger partial charge in [0.2, 0.25) is 0 Å². The quantitative estimate of drug-likeness (QED) is 0.618. The van der Waals surface area contributed by atoms with Crippen molar-refractivity contribution in [1.29, 1.82) is 0 Å². The number of rotatable bonds is 4. The van der Waals surface area contributed by atoms with Gasteiger partial charge in [-0.2, -0.15) is 0 Å². The van der Waals surface area contributed by atoms with Crippen molar-refractivity contribution < 1.29 is 4.74 Å². The highest BCUT2D eigenvalue weighted by molar-refractivity contribution is 6.35. The van der Waals surface area contributed by atoms with Gasteiger partial charge in [0.05, 0.1) is 18.8 Å². The van der Waals surface area contributed by atoms with Crippen LogP contribution in [0.2, 0.25) is 10.0 Å². The van der Waals surface area contributed by atoms with Crippen LogP contribution in [0.5, 0.6) is 0 Å². The number of aliphatic imine (C=N–C) groups is 1. The lowest BCUT2D eigenvalue weighted by molar-refractivity contribution is -0.0453. The lowest BCUT2D eigenvalue weighted by Crippen LogP contribution is -2.51. The minimum atomic E-state index is 0.0196. The van der Waals surface area contributed by atoms with Gasteiger partial charge in [0.1, 0.15) is 0 Å². The number of hydrogen-bond donors (Lipinski definition) is 2. The number of benzene rings is 1. The first-order valence-corrected chi connectivity index (χ1v) is 9.60. The van der Waals surface area contributed by atoms with Crippen LogP contribution < -0.4 is 10.6 Å². The second kappa shape index (κ2) is 8.58. The van der Waals surface area contributed by atoms with Crippen LogP contribution in [0.4, 0.5) is 0 Å². The Bertz CT molecular complexity index is 625. The fourth-order valence-electron chi connectivity index (χ4n) is 3.55. The molecule has 3 unspecified atom stereocenters. The van der Waals surface area contributed by atoms with Gasteiger partial charge in [0.25, 0.3) is 0 Å². The molecule has 0 bridgehead atoms. The van der Waals surface area contributed by atoms with Crippen molar-refractivity contribution in [2.45, 2.75) is 38.0 Å². The van der Waals surface area contributed by atoms with Crippen molar-refractivity contribution in [2.24, 2.45) is 4.99 Å². The second-order valence-electron chi connectivity index (χ2n) is 6.73. The van der Waals surface area contributed by atoms with Crippen LogP contribution in [-0.4, -0.2) is 56.3 Å². The number of halogens is 2. The van der Waals surface area contributed by atoms with E-state index in [0.717, 1.165) is 31.2 Å². The molecule has 3 rings (SSSR count). The maximum atomic E-state index is 6.29. The maximum Gasteiger partial charge on any atom is 0.191 e. The molecule has 25 heavy (non-hydrogen) atoms. The maximum absolute atomic E-state index is 6.29. The van der Waals surface area contributed by atoms with Gasteiger partial charge >= 0.3 is 0 Å². The molecular formula is C18H26Cl2N4O. The predicted octanol–water partition coefficient (Wildman–Crippen LogP) is 3.08. The summed E-state index contributed by atoms with van der Waals surface area (Å²) in [5.74, 6) is 0.741. The molecule has 3 atom stereocenters. The molecule has 2 fully saturated rings. The zero-order valence-electron chi connectivity index (χ0n) is 14.8. The minimum Gasteiger partial charge on any atom is -0.373 e. The van der Waals surface area contributed by atoms with Gasteiger partial charge in [0, 0.05) is 36.2 Å². The largest absolute Gasteiger partial charge is 0.373 e. The number of fused-ring (bicyclic) bond motifs is 1. The highest BCUT2D eigenvalue weighted by atomic mass is 35.5. The molecule has 2 heterocycles. The summed E-state index contributed by atoms with van der Waals surface area (Å²) in [7, 11) is 1.77. The van der Waals surface area contributed by atoms with E-state index < -0.39 is 0 Å². The van der Waals surface area contributed by atoms with E-state index in [1.165, 1.54) is 19.4 Å². The van der Waals surface area contributed by atoms with Crippen LogP contribution in [-0.2, 0) is 4.74 Å². The van der Waals surface area contributed by atoms with E-state index in [1.54, 1.807) is 13.1 Å². The molecule has 138 valence electrons. The van der Waals surface area contributed by atoms with Gasteiger partial charge in [-0.1, -0.05) is 29.3 Å². The highest BCUT2D eigenvalue weighted by Crippen LogP contribution is 2.26. The Kier molecular flexibility index (Phi) is 6.44. The third-order valence-corrected chi connectivity index (χ3v) is 5.53. The Morgan fingerprint density at radius 3 is 3.04 bits per heavy atom. The van der Waals surface area contributed by atoms with Gasteiger partial charge in [-0.3, -0.25) is 9.89 Å². The minimum absolute atomic E-state index is 0.0196. The fraction of sp³-hybridized carbons (Fsp3) is 0.611. The number of hydrogen-bond acceptors (Lipinski definition) is 3. The SMILES string of the molecule is CN=C(NCC1CN2CCCC2CO1)NC(C)c1ccc(Cl)cc1Cl. The van der Waals surface area contributed by atoms with Crippen molar-refractivity contribution in [2.75, 3.05) is 33.3 Å². The average Bonchev–Trinajstić information content (AvgIpc) is 3.06. The van der Waals surface area contributed by atoms with E-state index >= 15 is 0 Å². The van der Waals surface area contributed by atoms with Crippen LogP contribution in [0.3, 0.4) is 0 Å². The first-order chi connectivity index (χ1) is 12.1. The second-order valence-corrected chi connectivity index (χ2v) is 7.57. The van der Waals surface area contributed by atoms with Crippen LogP contribution in [0.1, 0.15) is 31.4 Å². The van der Waals surface area contributed by atoms with E-state index in [2.05, 4.69) is 20.5 Å². The van der Waals surface area contributed by atoms with Gasteiger partial charge in [-0.15, -0.1) is 0 Å². The number of ether oxygens (including phenoxy) is 1. The number of nitrogens with zero attached hydrogens (tertiary/aromatic N) is 2. The molecule has 1 aromatic rings. The zero-order valence-corrected chi connectivity index (χ0v) is 16.3. The summed E-state index contributed by atoms with van der Waals surface area (Å²) in [4.78, 5) is 6.85. The molecule has 2 saturated heterocycles. The predicted molar refractivity (Wildman–Crippen MR) is 104 cm³/mol. The summed E-state index contributed by atoms with van der Waals surface area (Å²) >= 11 is 12.3. The summed E-state index contributed by atoms with van der Waals surface area (Å²) in [6.45, 7) is 5.82. The third kappa shape index (κ3) is 4.79. The number of nitrogens with one attached hydrogen (secondary N) is 2. The van der Waals surface area contributed by atoms with E-state index in [0.29, 0.717) is 16.1 Å². The van der Waals surface area contributed by atoms with Crippen molar-refractivity contribution in [3.05, 3.63) is 33.8 Å². The Hall–Kier alpha value is -1.01. The Morgan fingerprint density at radius 1 is 1.44 bits per heavy atom. The first kappa shape index (κ1) is 18.8. The molecule has 0 amide bonds. The molecule has 2 aliphatic rings. The lowest BCUT2D eigenvalue weighted by atomic mass is 10.1. The monoisotopic (exact) mass is 384 g/mol. The lowest BCUT2D eigenvalue weighted by Gasteiger charge is -2.35. The number of guanidine groups is 1. The number of morpholine rings is 1. The van der Waals surface area contributed by atoms with Crippen LogP contribution in [0, 0.1) is 0 Å². The first-order valence-electron chi connectivity index (χ1n) is 8.84. The van der Waals surface area contributed by atoms with Gasteiger partial charge < -0.3 is 15.4 Å². The molecule has 5 nitrogen and oxygen atoms in total. The Labute approximate surface area is 159 Å². The van der Waals surface area contributed by atoms with Crippen molar-refractivity contribution in [3.8, 4) is 0 Å². The van der Waals surface area contributed by atoms with E-state index in [1.807, 2.05) is 19.1 Å². The van der Waals surface area contributed by atoms with Crippen molar-refractivity contribution in [1.82, 2.24) is 15.5 Å². The summed E-state index contributed by atoms with van der Waals surface area (Å²) in [6, 6.07) is 6.19. The summed E-state index contributed by atoms with van der Waals surface area (Å²) in [5, 5.41) is 8.03. The van der Waals surface area contributed by atoms with Gasteiger partial charge in [-0.25, -0.2) is 0 Å². The van der Waals surface area contributed by atoms with Crippen LogP contribution >= 0.6 is 23.2 Å². The van der Waals surface area contributed by atoms with Crippen LogP contribution in [0.25, 0.3) is 0 Å². The normalized spacial score (nSPS) is 25.5. The molecule has 0 saturated carbocycles. The third-order valence-electron chi connectivity index (χ3n) is 4.96. The average molecular weight is 385 g/mol. The fourth-order valence-corrected chi connectivity index (χ4v) is 4.12. The molecule has 0 aliphatic carbocycles.